The highest BCUT2D eigenvalue weighted by atomic mass is 16.6. The number of aliphatic hydroxyl groups excluding tert-OH is 1. The average molecular weight is 250 g/mol. The summed E-state index contributed by atoms with van der Waals surface area (Å²) in [4.78, 5) is 12.7. The largest absolute Gasteiger partial charge is 0.392 e. The number of nitro benzene ring substituents is 1. The number of benzene rings is 1. The Hall–Kier alpha value is -1.62. The molecular weight excluding hydrogens is 232 g/mol. The number of nitrogens with zero attached hydrogens (tertiary/aromatic N) is 2. The number of hydrogen-bond acceptors (Lipinski definition) is 4. The van der Waals surface area contributed by atoms with Crippen molar-refractivity contribution >= 4 is 11.4 Å². The van der Waals surface area contributed by atoms with E-state index in [1.807, 2.05) is 11.9 Å². The molecule has 0 aromatic heterocycles. The van der Waals surface area contributed by atoms with Crippen molar-refractivity contribution in [2.24, 2.45) is 0 Å². The molecule has 2 rings (SSSR count). The Morgan fingerprint density at radius 3 is 2.67 bits per heavy atom. The number of aliphatic hydroxyl groups is 1. The van der Waals surface area contributed by atoms with E-state index in [1.165, 1.54) is 18.9 Å². The molecule has 1 aromatic carbocycles. The highest BCUT2D eigenvalue weighted by molar-refractivity contribution is 5.64. The third-order valence-corrected chi connectivity index (χ3v) is 3.67. The van der Waals surface area contributed by atoms with Crippen LogP contribution in [0.25, 0.3) is 0 Å². The third kappa shape index (κ3) is 2.46. The molecule has 1 saturated carbocycles. The average Bonchev–Trinajstić information content (AvgIpc) is 2.91. The molecule has 98 valence electrons. The number of nitro groups is 1. The second-order valence-corrected chi connectivity index (χ2v) is 4.79. The molecular formula is C13H18N2O3. The van der Waals surface area contributed by atoms with Crippen LogP contribution in [-0.2, 0) is 6.61 Å². The van der Waals surface area contributed by atoms with Crippen LogP contribution in [0.2, 0.25) is 0 Å². The van der Waals surface area contributed by atoms with Crippen molar-refractivity contribution in [2.45, 2.75) is 38.3 Å². The molecule has 1 aliphatic carbocycles. The Labute approximate surface area is 106 Å². The Balaban J connectivity index is 2.33. The first kappa shape index (κ1) is 12.8. The molecule has 0 bridgehead atoms. The van der Waals surface area contributed by atoms with Crippen molar-refractivity contribution in [1.29, 1.82) is 0 Å². The van der Waals surface area contributed by atoms with Crippen molar-refractivity contribution in [3.05, 3.63) is 33.9 Å². The van der Waals surface area contributed by atoms with Gasteiger partial charge < -0.3 is 10.0 Å². The van der Waals surface area contributed by atoms with Gasteiger partial charge in [-0.1, -0.05) is 18.9 Å². The van der Waals surface area contributed by atoms with E-state index in [0.29, 0.717) is 17.3 Å². The SMILES string of the molecule is CN(c1ccc(CO)cc1[N+](=O)[O-])C1CCCC1. The molecule has 0 saturated heterocycles. The van der Waals surface area contributed by atoms with Crippen LogP contribution in [0, 0.1) is 10.1 Å². The lowest BCUT2D eigenvalue weighted by Gasteiger charge is -2.26. The van der Waals surface area contributed by atoms with Crippen LogP contribution in [0.3, 0.4) is 0 Å². The minimum atomic E-state index is -0.375. The van der Waals surface area contributed by atoms with Crippen molar-refractivity contribution in [3.8, 4) is 0 Å². The lowest BCUT2D eigenvalue weighted by molar-refractivity contribution is -0.384. The molecule has 1 fully saturated rings. The number of anilines is 1. The Morgan fingerprint density at radius 2 is 2.11 bits per heavy atom. The van der Waals surface area contributed by atoms with E-state index in [-0.39, 0.29) is 17.2 Å². The van der Waals surface area contributed by atoms with E-state index in [0.717, 1.165) is 12.8 Å². The smallest absolute Gasteiger partial charge is 0.292 e. The van der Waals surface area contributed by atoms with E-state index in [9.17, 15) is 10.1 Å². The van der Waals surface area contributed by atoms with Crippen molar-refractivity contribution < 1.29 is 10.0 Å². The van der Waals surface area contributed by atoms with Crippen molar-refractivity contribution in [1.82, 2.24) is 0 Å². The monoisotopic (exact) mass is 250 g/mol. The molecule has 1 aliphatic rings. The van der Waals surface area contributed by atoms with E-state index in [4.69, 9.17) is 5.11 Å². The second kappa shape index (κ2) is 5.35. The van der Waals surface area contributed by atoms with Crippen LogP contribution in [0.15, 0.2) is 18.2 Å². The van der Waals surface area contributed by atoms with Gasteiger partial charge in [-0.2, -0.15) is 0 Å². The van der Waals surface area contributed by atoms with Gasteiger partial charge in [0.15, 0.2) is 0 Å². The molecule has 0 amide bonds. The first-order valence-corrected chi connectivity index (χ1v) is 6.24. The molecule has 0 radical (unpaired) electrons. The van der Waals surface area contributed by atoms with E-state index in [1.54, 1.807) is 12.1 Å². The molecule has 5 nitrogen and oxygen atoms in total. The standard InChI is InChI=1S/C13H18N2O3/c1-14(11-4-2-3-5-11)12-7-6-10(9-16)8-13(12)15(17)18/h6-8,11,16H,2-5,9H2,1H3. The van der Waals surface area contributed by atoms with Crippen molar-refractivity contribution in [3.63, 3.8) is 0 Å². The molecule has 0 atom stereocenters. The summed E-state index contributed by atoms with van der Waals surface area (Å²) in [5.74, 6) is 0. The molecule has 1 aromatic rings. The van der Waals surface area contributed by atoms with Crippen LogP contribution in [0.5, 0.6) is 0 Å². The maximum absolute atomic E-state index is 11.1. The lowest BCUT2D eigenvalue weighted by atomic mass is 10.1. The van der Waals surface area contributed by atoms with Gasteiger partial charge in [-0.15, -0.1) is 0 Å². The van der Waals surface area contributed by atoms with E-state index < -0.39 is 0 Å². The zero-order valence-electron chi connectivity index (χ0n) is 10.5. The topological polar surface area (TPSA) is 66.6 Å². The molecule has 0 spiro atoms. The van der Waals surface area contributed by atoms with Crippen LogP contribution in [0.1, 0.15) is 31.2 Å². The summed E-state index contributed by atoms with van der Waals surface area (Å²) in [7, 11) is 1.91. The quantitative estimate of drug-likeness (QED) is 0.658. The summed E-state index contributed by atoms with van der Waals surface area (Å²) in [6, 6.07) is 5.33. The maximum Gasteiger partial charge on any atom is 0.292 e. The fourth-order valence-corrected chi connectivity index (χ4v) is 2.60. The fourth-order valence-electron chi connectivity index (χ4n) is 2.60. The zero-order valence-corrected chi connectivity index (χ0v) is 10.5. The Bertz CT molecular complexity index is 442. The minimum Gasteiger partial charge on any atom is -0.392 e. The van der Waals surface area contributed by atoms with Crippen LogP contribution in [0.4, 0.5) is 11.4 Å². The van der Waals surface area contributed by atoms with E-state index >= 15 is 0 Å². The van der Waals surface area contributed by atoms with Crippen LogP contribution in [-0.4, -0.2) is 23.1 Å². The van der Waals surface area contributed by atoms with Gasteiger partial charge in [-0.3, -0.25) is 10.1 Å². The summed E-state index contributed by atoms with van der Waals surface area (Å²) in [5, 5.41) is 20.2. The highest BCUT2D eigenvalue weighted by Gasteiger charge is 2.25. The van der Waals surface area contributed by atoms with Gasteiger partial charge in [-0.25, -0.2) is 0 Å². The number of hydrogen-bond donors (Lipinski definition) is 1. The summed E-state index contributed by atoms with van der Waals surface area (Å²) >= 11 is 0. The van der Waals surface area contributed by atoms with Gasteiger partial charge in [0.05, 0.1) is 11.5 Å². The zero-order chi connectivity index (χ0) is 13.1. The normalized spacial score (nSPS) is 15.9. The first-order valence-electron chi connectivity index (χ1n) is 6.24. The van der Waals surface area contributed by atoms with Gasteiger partial charge >= 0.3 is 0 Å². The Kier molecular flexibility index (Phi) is 3.81. The summed E-state index contributed by atoms with van der Waals surface area (Å²) in [6.07, 6.45) is 4.57. The minimum absolute atomic E-state index is 0.0796. The Morgan fingerprint density at radius 1 is 1.44 bits per heavy atom. The number of rotatable bonds is 4. The van der Waals surface area contributed by atoms with E-state index in [2.05, 4.69) is 0 Å². The predicted octanol–water partition coefficient (Wildman–Crippen LogP) is 2.47. The summed E-state index contributed by atoms with van der Waals surface area (Å²) in [5.41, 5.74) is 1.30. The van der Waals surface area contributed by atoms with Gasteiger partial charge in [0.1, 0.15) is 5.69 Å². The highest BCUT2D eigenvalue weighted by Crippen LogP contribution is 2.33. The molecule has 0 heterocycles. The molecule has 1 N–H and O–H groups in total. The lowest BCUT2D eigenvalue weighted by Crippen LogP contribution is -2.29. The van der Waals surface area contributed by atoms with Crippen LogP contribution >= 0.6 is 0 Å². The summed E-state index contributed by atoms with van der Waals surface area (Å²) < 4.78 is 0. The molecule has 0 unspecified atom stereocenters. The van der Waals surface area contributed by atoms with Gasteiger partial charge in [0, 0.05) is 19.2 Å². The maximum atomic E-state index is 11.1. The predicted molar refractivity (Wildman–Crippen MR) is 69.7 cm³/mol. The van der Waals surface area contributed by atoms with Gasteiger partial charge in [-0.05, 0) is 24.5 Å². The van der Waals surface area contributed by atoms with Crippen molar-refractivity contribution in [2.75, 3.05) is 11.9 Å². The third-order valence-electron chi connectivity index (χ3n) is 3.67. The first-order chi connectivity index (χ1) is 8.63. The van der Waals surface area contributed by atoms with Gasteiger partial charge in [0.25, 0.3) is 5.69 Å². The summed E-state index contributed by atoms with van der Waals surface area (Å²) in [6.45, 7) is -0.172. The fraction of sp³-hybridized carbons (Fsp3) is 0.538. The van der Waals surface area contributed by atoms with Crippen LogP contribution < -0.4 is 4.90 Å². The van der Waals surface area contributed by atoms with Gasteiger partial charge in [0.2, 0.25) is 0 Å². The molecule has 0 aliphatic heterocycles. The molecule has 18 heavy (non-hydrogen) atoms. The second-order valence-electron chi connectivity index (χ2n) is 4.79. The molecule has 5 heteroatoms.